The second kappa shape index (κ2) is 7.54. The Morgan fingerprint density at radius 2 is 1.96 bits per heavy atom. The highest BCUT2D eigenvalue weighted by molar-refractivity contribution is 7.80. The number of hydrazone groups is 1. The summed E-state index contributed by atoms with van der Waals surface area (Å²) in [5.74, 6) is 0. The van der Waals surface area contributed by atoms with E-state index in [1.54, 1.807) is 0 Å². The van der Waals surface area contributed by atoms with Crippen LogP contribution in [0.5, 0.6) is 0 Å². The van der Waals surface area contributed by atoms with E-state index in [0.29, 0.717) is 10.1 Å². The van der Waals surface area contributed by atoms with Crippen molar-refractivity contribution >= 4 is 40.3 Å². The third kappa shape index (κ3) is 4.02. The standard InChI is InChI=1S/C20H22ClN3S/c1-12-10-13(2)15-6-4-9-19(16(15)11-12)23-24-20(25)22-18-8-5-7-17(21)14(18)3/h5,7-8,10-11H,4,6,9H2,1-3H3,(H2,22,24,25)/b23-19+. The molecular weight excluding hydrogens is 350 g/mol. The highest BCUT2D eigenvalue weighted by Crippen LogP contribution is 2.26. The lowest BCUT2D eigenvalue weighted by Gasteiger charge is -2.21. The van der Waals surface area contributed by atoms with Crippen molar-refractivity contribution in [2.24, 2.45) is 5.10 Å². The van der Waals surface area contributed by atoms with Gasteiger partial charge in [-0.15, -0.1) is 0 Å². The molecule has 0 heterocycles. The molecule has 2 N–H and O–H groups in total. The molecule has 0 radical (unpaired) electrons. The number of rotatable bonds is 2. The zero-order valence-electron chi connectivity index (χ0n) is 14.7. The Morgan fingerprint density at radius 1 is 1.16 bits per heavy atom. The average Bonchev–Trinajstić information content (AvgIpc) is 2.57. The first-order chi connectivity index (χ1) is 12.0. The molecule has 5 heteroatoms. The number of benzene rings is 2. The molecule has 1 aliphatic rings. The highest BCUT2D eigenvalue weighted by Gasteiger charge is 2.18. The number of thiocarbonyl (C=S) groups is 1. The molecule has 0 aliphatic heterocycles. The summed E-state index contributed by atoms with van der Waals surface area (Å²) < 4.78 is 0. The van der Waals surface area contributed by atoms with E-state index >= 15 is 0 Å². The molecule has 1 aliphatic carbocycles. The lowest BCUT2D eigenvalue weighted by atomic mass is 9.86. The molecule has 0 bridgehead atoms. The fourth-order valence-electron chi connectivity index (χ4n) is 3.28. The van der Waals surface area contributed by atoms with Crippen LogP contribution in [-0.4, -0.2) is 10.8 Å². The molecule has 0 aromatic heterocycles. The first-order valence-electron chi connectivity index (χ1n) is 8.45. The van der Waals surface area contributed by atoms with Crippen LogP contribution in [-0.2, 0) is 6.42 Å². The molecule has 2 aromatic rings. The van der Waals surface area contributed by atoms with Gasteiger partial charge in [0.25, 0.3) is 0 Å². The smallest absolute Gasteiger partial charge is 0.191 e. The van der Waals surface area contributed by atoms with Crippen LogP contribution in [0.3, 0.4) is 0 Å². The third-order valence-electron chi connectivity index (χ3n) is 4.58. The van der Waals surface area contributed by atoms with Gasteiger partial charge < -0.3 is 5.32 Å². The molecule has 0 spiro atoms. The summed E-state index contributed by atoms with van der Waals surface area (Å²) in [6.07, 6.45) is 3.19. The zero-order chi connectivity index (χ0) is 18.0. The minimum Gasteiger partial charge on any atom is -0.331 e. The first kappa shape index (κ1) is 17.9. The number of aryl methyl sites for hydroxylation is 2. The van der Waals surface area contributed by atoms with Crippen LogP contribution in [0, 0.1) is 20.8 Å². The second-order valence-electron chi connectivity index (χ2n) is 6.50. The minimum absolute atomic E-state index is 0.467. The van der Waals surface area contributed by atoms with Crippen LogP contribution in [0.4, 0.5) is 5.69 Å². The van der Waals surface area contributed by atoms with Gasteiger partial charge in [0.2, 0.25) is 0 Å². The normalized spacial score (nSPS) is 15.0. The van der Waals surface area contributed by atoms with Gasteiger partial charge in [-0.3, -0.25) is 5.43 Å². The van der Waals surface area contributed by atoms with Gasteiger partial charge in [0.05, 0.1) is 5.71 Å². The Labute approximate surface area is 159 Å². The van der Waals surface area contributed by atoms with Gasteiger partial charge in [0.1, 0.15) is 0 Å². The van der Waals surface area contributed by atoms with Crippen molar-refractivity contribution in [3.8, 4) is 0 Å². The quantitative estimate of drug-likeness (QED) is 0.556. The molecule has 0 amide bonds. The van der Waals surface area contributed by atoms with Crippen molar-refractivity contribution in [2.75, 3.05) is 5.32 Å². The van der Waals surface area contributed by atoms with Crippen molar-refractivity contribution in [1.29, 1.82) is 0 Å². The number of nitrogens with one attached hydrogen (secondary N) is 2. The van der Waals surface area contributed by atoms with Gasteiger partial charge in [-0.1, -0.05) is 29.3 Å². The molecule has 130 valence electrons. The molecule has 0 fully saturated rings. The Morgan fingerprint density at radius 3 is 2.76 bits per heavy atom. The number of nitrogens with zero attached hydrogens (tertiary/aromatic N) is 1. The molecule has 0 unspecified atom stereocenters. The second-order valence-corrected chi connectivity index (χ2v) is 7.31. The number of anilines is 1. The van der Waals surface area contributed by atoms with Crippen LogP contribution in [0.25, 0.3) is 0 Å². The Kier molecular flexibility index (Phi) is 5.40. The van der Waals surface area contributed by atoms with Crippen LogP contribution < -0.4 is 10.7 Å². The minimum atomic E-state index is 0.467. The summed E-state index contributed by atoms with van der Waals surface area (Å²) in [5.41, 5.74) is 11.2. The van der Waals surface area contributed by atoms with Gasteiger partial charge in [-0.05, 0) is 87.1 Å². The average molecular weight is 372 g/mol. The first-order valence-corrected chi connectivity index (χ1v) is 9.23. The maximum Gasteiger partial charge on any atom is 0.191 e. The number of fused-ring (bicyclic) bond motifs is 1. The predicted molar refractivity (Wildman–Crippen MR) is 111 cm³/mol. The van der Waals surface area contributed by atoms with Crippen LogP contribution in [0.2, 0.25) is 5.02 Å². The van der Waals surface area contributed by atoms with Crippen molar-refractivity contribution < 1.29 is 0 Å². The molecule has 3 nitrogen and oxygen atoms in total. The van der Waals surface area contributed by atoms with E-state index in [1.807, 2.05) is 25.1 Å². The SMILES string of the molecule is Cc1cc(C)c2c(c1)/C(=N/NC(=S)Nc1cccc(Cl)c1C)CCC2. The summed E-state index contributed by atoms with van der Waals surface area (Å²) >= 11 is 11.5. The van der Waals surface area contributed by atoms with Gasteiger partial charge in [0.15, 0.2) is 5.11 Å². The molecule has 0 saturated carbocycles. The van der Waals surface area contributed by atoms with Crippen molar-refractivity contribution in [3.05, 3.63) is 63.2 Å². The van der Waals surface area contributed by atoms with Gasteiger partial charge in [0, 0.05) is 16.3 Å². The lowest BCUT2D eigenvalue weighted by molar-refractivity contribution is 0.821. The summed E-state index contributed by atoms with van der Waals surface area (Å²) in [4.78, 5) is 0. The molecule has 0 saturated heterocycles. The topological polar surface area (TPSA) is 36.4 Å². The fourth-order valence-corrected chi connectivity index (χ4v) is 3.61. The third-order valence-corrected chi connectivity index (χ3v) is 5.18. The molecule has 3 rings (SSSR count). The van der Waals surface area contributed by atoms with Crippen molar-refractivity contribution in [3.63, 3.8) is 0 Å². The van der Waals surface area contributed by atoms with Crippen molar-refractivity contribution in [1.82, 2.24) is 5.43 Å². The van der Waals surface area contributed by atoms with E-state index in [0.717, 1.165) is 36.2 Å². The fraction of sp³-hybridized carbons (Fsp3) is 0.300. The van der Waals surface area contributed by atoms with Gasteiger partial charge >= 0.3 is 0 Å². The van der Waals surface area contributed by atoms with Crippen molar-refractivity contribution in [2.45, 2.75) is 40.0 Å². The molecule has 0 atom stereocenters. The zero-order valence-corrected chi connectivity index (χ0v) is 16.3. The van der Waals surface area contributed by atoms with E-state index < -0.39 is 0 Å². The van der Waals surface area contributed by atoms with E-state index in [-0.39, 0.29) is 0 Å². The molecule has 2 aromatic carbocycles. The summed E-state index contributed by atoms with van der Waals surface area (Å²) in [5, 5.41) is 8.93. The summed E-state index contributed by atoms with van der Waals surface area (Å²) in [6.45, 7) is 6.26. The van der Waals surface area contributed by atoms with Gasteiger partial charge in [-0.25, -0.2) is 0 Å². The van der Waals surface area contributed by atoms with E-state index in [2.05, 4.69) is 41.8 Å². The maximum atomic E-state index is 6.15. The number of hydrogen-bond acceptors (Lipinski definition) is 2. The van der Waals surface area contributed by atoms with Crippen LogP contribution in [0.1, 0.15) is 40.7 Å². The largest absolute Gasteiger partial charge is 0.331 e. The summed E-state index contributed by atoms with van der Waals surface area (Å²) in [7, 11) is 0. The van der Waals surface area contributed by atoms with Crippen LogP contribution in [0.15, 0.2) is 35.4 Å². The Bertz CT molecular complexity index is 858. The highest BCUT2D eigenvalue weighted by atomic mass is 35.5. The monoisotopic (exact) mass is 371 g/mol. The summed E-state index contributed by atoms with van der Waals surface area (Å²) in [6, 6.07) is 10.2. The Hall–Kier alpha value is -1.91. The maximum absolute atomic E-state index is 6.15. The Balaban J connectivity index is 1.77. The lowest BCUT2D eigenvalue weighted by Crippen LogP contribution is -2.27. The number of halogens is 1. The van der Waals surface area contributed by atoms with Crippen LogP contribution >= 0.6 is 23.8 Å². The number of hydrogen-bond donors (Lipinski definition) is 2. The predicted octanol–water partition coefficient (Wildman–Crippen LogP) is 5.29. The molecule has 25 heavy (non-hydrogen) atoms. The van der Waals surface area contributed by atoms with Gasteiger partial charge in [-0.2, -0.15) is 5.10 Å². The van der Waals surface area contributed by atoms with E-state index in [1.165, 1.54) is 22.3 Å². The molecular formula is C20H22ClN3S. The van der Waals surface area contributed by atoms with E-state index in [4.69, 9.17) is 23.8 Å². The van der Waals surface area contributed by atoms with E-state index in [9.17, 15) is 0 Å².